The van der Waals surface area contributed by atoms with Gasteiger partial charge in [-0.2, -0.15) is 4.31 Å². The molecule has 1 aromatic rings. The van der Waals surface area contributed by atoms with Crippen LogP contribution in [0.25, 0.3) is 0 Å². The molecule has 1 aliphatic heterocycles. The maximum absolute atomic E-state index is 12.8. The Morgan fingerprint density at radius 1 is 1.50 bits per heavy atom. The molecule has 0 aromatic heterocycles. The summed E-state index contributed by atoms with van der Waals surface area (Å²) in [5, 5.41) is 9.39. The highest BCUT2D eigenvalue weighted by Crippen LogP contribution is 2.32. The van der Waals surface area contributed by atoms with Crippen LogP contribution in [0.3, 0.4) is 0 Å². The van der Waals surface area contributed by atoms with Crippen LogP contribution >= 0.6 is 11.6 Å². The number of rotatable bonds is 5. The minimum atomic E-state index is -3.84. The number of sulfonamides is 1. The molecule has 0 aliphatic carbocycles. The monoisotopic (exact) mass is 347 g/mol. The lowest BCUT2D eigenvalue weighted by Crippen LogP contribution is -2.42. The number of halogens is 1. The van der Waals surface area contributed by atoms with Gasteiger partial charge in [0.15, 0.2) is 0 Å². The SMILES string of the molecule is CCOc1ccc(Cl)cc1S(=O)(=O)N1CCCC(C(=O)O)C1. The van der Waals surface area contributed by atoms with Gasteiger partial charge in [-0.3, -0.25) is 4.79 Å². The zero-order valence-corrected chi connectivity index (χ0v) is 13.7. The average molecular weight is 348 g/mol. The molecule has 1 heterocycles. The van der Waals surface area contributed by atoms with Gasteiger partial charge in [-0.25, -0.2) is 8.42 Å². The first-order valence-electron chi connectivity index (χ1n) is 7.01. The van der Waals surface area contributed by atoms with Crippen molar-refractivity contribution >= 4 is 27.6 Å². The van der Waals surface area contributed by atoms with Crippen molar-refractivity contribution < 1.29 is 23.1 Å². The van der Waals surface area contributed by atoms with E-state index in [-0.39, 0.29) is 22.2 Å². The van der Waals surface area contributed by atoms with Gasteiger partial charge >= 0.3 is 5.97 Å². The highest BCUT2D eigenvalue weighted by molar-refractivity contribution is 7.89. The third-order valence-corrected chi connectivity index (χ3v) is 5.68. The number of hydrogen-bond donors (Lipinski definition) is 1. The van der Waals surface area contributed by atoms with E-state index in [4.69, 9.17) is 21.4 Å². The number of ether oxygens (including phenoxy) is 1. The molecule has 2 rings (SSSR count). The predicted octanol–water partition coefficient (Wildman–Crippen LogP) is 2.22. The topological polar surface area (TPSA) is 83.9 Å². The molecule has 1 unspecified atom stereocenters. The molecule has 122 valence electrons. The second kappa shape index (κ2) is 6.85. The van der Waals surface area contributed by atoms with Crippen molar-refractivity contribution in [1.29, 1.82) is 0 Å². The molecule has 8 heteroatoms. The zero-order valence-electron chi connectivity index (χ0n) is 12.2. The summed E-state index contributed by atoms with van der Waals surface area (Å²) in [5.74, 6) is -1.43. The Morgan fingerprint density at radius 2 is 2.23 bits per heavy atom. The highest BCUT2D eigenvalue weighted by atomic mass is 35.5. The first-order chi connectivity index (χ1) is 10.4. The minimum Gasteiger partial charge on any atom is -0.492 e. The third kappa shape index (κ3) is 3.53. The molecular weight excluding hydrogens is 330 g/mol. The van der Waals surface area contributed by atoms with E-state index in [2.05, 4.69) is 0 Å². The predicted molar refractivity (Wildman–Crippen MR) is 81.7 cm³/mol. The Labute approximate surface area is 134 Å². The van der Waals surface area contributed by atoms with Crippen LogP contribution in [0.5, 0.6) is 5.75 Å². The first-order valence-corrected chi connectivity index (χ1v) is 8.83. The van der Waals surface area contributed by atoms with Gasteiger partial charge < -0.3 is 9.84 Å². The Hall–Kier alpha value is -1.31. The van der Waals surface area contributed by atoms with Crippen LogP contribution in [0.15, 0.2) is 23.1 Å². The molecule has 1 aliphatic rings. The zero-order chi connectivity index (χ0) is 16.3. The maximum Gasteiger partial charge on any atom is 0.307 e. The standard InChI is InChI=1S/C14H18ClNO5S/c1-2-21-12-6-5-11(15)8-13(12)22(19,20)16-7-3-4-10(9-16)14(17)18/h5-6,8,10H,2-4,7,9H2,1H3,(H,17,18). The van der Waals surface area contributed by atoms with Crippen LogP contribution in [-0.2, 0) is 14.8 Å². The Balaban J connectivity index is 2.37. The molecule has 1 saturated heterocycles. The second-order valence-corrected chi connectivity index (χ2v) is 7.41. The van der Waals surface area contributed by atoms with Gasteiger partial charge in [0.1, 0.15) is 10.6 Å². The van der Waals surface area contributed by atoms with Gasteiger partial charge in [0.05, 0.1) is 12.5 Å². The Bertz CT molecular complexity index is 661. The second-order valence-electron chi connectivity index (χ2n) is 5.06. The summed E-state index contributed by atoms with van der Waals surface area (Å²) in [4.78, 5) is 11.1. The number of nitrogens with zero attached hydrogens (tertiary/aromatic N) is 1. The fourth-order valence-electron chi connectivity index (χ4n) is 2.46. The van der Waals surface area contributed by atoms with E-state index in [9.17, 15) is 13.2 Å². The van der Waals surface area contributed by atoms with Crippen LogP contribution in [-0.4, -0.2) is 43.5 Å². The average Bonchev–Trinajstić information content (AvgIpc) is 2.49. The Morgan fingerprint density at radius 3 is 2.86 bits per heavy atom. The molecule has 1 aromatic carbocycles. The van der Waals surface area contributed by atoms with E-state index < -0.39 is 21.9 Å². The fourth-order valence-corrected chi connectivity index (χ4v) is 4.38. The lowest BCUT2D eigenvalue weighted by molar-refractivity contribution is -0.142. The van der Waals surface area contributed by atoms with Gasteiger partial charge in [-0.15, -0.1) is 0 Å². The Kier molecular flexibility index (Phi) is 5.31. The lowest BCUT2D eigenvalue weighted by atomic mass is 10.0. The summed E-state index contributed by atoms with van der Waals surface area (Å²) in [6.45, 7) is 2.34. The number of carboxylic acids is 1. The van der Waals surface area contributed by atoms with E-state index in [1.807, 2.05) is 0 Å². The summed E-state index contributed by atoms with van der Waals surface area (Å²) in [5.41, 5.74) is 0. The smallest absolute Gasteiger partial charge is 0.307 e. The van der Waals surface area contributed by atoms with Gasteiger partial charge in [0.25, 0.3) is 0 Å². The molecule has 0 spiro atoms. The highest BCUT2D eigenvalue weighted by Gasteiger charge is 2.34. The number of piperidine rings is 1. The van der Waals surface area contributed by atoms with E-state index in [0.717, 1.165) is 0 Å². The van der Waals surface area contributed by atoms with Crippen molar-refractivity contribution in [3.63, 3.8) is 0 Å². The third-order valence-electron chi connectivity index (χ3n) is 3.56. The molecule has 1 N–H and O–H groups in total. The normalized spacial score (nSPS) is 19.8. The van der Waals surface area contributed by atoms with Crippen LogP contribution < -0.4 is 4.74 Å². The van der Waals surface area contributed by atoms with Gasteiger partial charge in [-0.1, -0.05) is 11.6 Å². The van der Waals surface area contributed by atoms with Crippen molar-refractivity contribution in [2.75, 3.05) is 19.7 Å². The number of benzene rings is 1. The number of carbonyl (C=O) groups is 1. The molecule has 0 bridgehead atoms. The summed E-state index contributed by atoms with van der Waals surface area (Å²) < 4.78 is 32.2. The van der Waals surface area contributed by atoms with Gasteiger partial charge in [0, 0.05) is 18.1 Å². The van der Waals surface area contributed by atoms with Crippen LogP contribution in [0.4, 0.5) is 0 Å². The van der Waals surface area contributed by atoms with Crippen molar-refractivity contribution in [2.45, 2.75) is 24.7 Å². The summed E-state index contributed by atoms with van der Waals surface area (Å²) >= 11 is 5.91. The summed E-state index contributed by atoms with van der Waals surface area (Å²) in [7, 11) is -3.84. The van der Waals surface area contributed by atoms with E-state index in [1.165, 1.54) is 16.4 Å². The van der Waals surface area contributed by atoms with Crippen LogP contribution in [0, 0.1) is 5.92 Å². The van der Waals surface area contributed by atoms with E-state index >= 15 is 0 Å². The molecule has 0 radical (unpaired) electrons. The number of hydrogen-bond acceptors (Lipinski definition) is 4. The van der Waals surface area contributed by atoms with Crippen molar-refractivity contribution in [2.24, 2.45) is 5.92 Å². The van der Waals surface area contributed by atoms with Crippen LogP contribution in [0.2, 0.25) is 5.02 Å². The van der Waals surface area contributed by atoms with Crippen molar-refractivity contribution in [1.82, 2.24) is 4.31 Å². The molecule has 1 fully saturated rings. The fraction of sp³-hybridized carbons (Fsp3) is 0.500. The van der Waals surface area contributed by atoms with E-state index in [0.29, 0.717) is 26.0 Å². The van der Waals surface area contributed by atoms with Gasteiger partial charge in [-0.05, 0) is 38.0 Å². The molecule has 0 saturated carbocycles. The maximum atomic E-state index is 12.8. The van der Waals surface area contributed by atoms with Crippen molar-refractivity contribution in [3.05, 3.63) is 23.2 Å². The summed E-state index contributed by atoms with van der Waals surface area (Å²) in [6, 6.07) is 4.41. The van der Waals surface area contributed by atoms with Crippen molar-refractivity contribution in [3.8, 4) is 5.75 Å². The molecular formula is C14H18ClNO5S. The molecule has 0 amide bonds. The first kappa shape index (κ1) is 17.1. The lowest BCUT2D eigenvalue weighted by Gasteiger charge is -2.30. The minimum absolute atomic E-state index is 0.0205. The molecule has 1 atom stereocenters. The quantitative estimate of drug-likeness (QED) is 0.882. The number of carboxylic acid groups (broad SMARTS) is 1. The number of aliphatic carboxylic acids is 1. The van der Waals surface area contributed by atoms with E-state index in [1.54, 1.807) is 13.0 Å². The van der Waals surface area contributed by atoms with Gasteiger partial charge in [0.2, 0.25) is 10.0 Å². The largest absolute Gasteiger partial charge is 0.492 e. The molecule has 6 nitrogen and oxygen atoms in total. The molecule has 22 heavy (non-hydrogen) atoms. The summed E-state index contributed by atoms with van der Waals surface area (Å²) in [6.07, 6.45) is 0.996. The van der Waals surface area contributed by atoms with Crippen LogP contribution in [0.1, 0.15) is 19.8 Å².